The smallest absolute Gasteiger partial charge is 0.416 e. The van der Waals surface area contributed by atoms with Crippen molar-refractivity contribution in [2.75, 3.05) is 13.2 Å². The van der Waals surface area contributed by atoms with Gasteiger partial charge in [-0.1, -0.05) is 86.7 Å². The van der Waals surface area contributed by atoms with Crippen molar-refractivity contribution < 1.29 is 19.1 Å². The number of amides is 2. The van der Waals surface area contributed by atoms with E-state index >= 15 is 0 Å². The first kappa shape index (κ1) is 23.7. The highest BCUT2D eigenvalue weighted by molar-refractivity contribution is 5.94. The zero-order valence-corrected chi connectivity index (χ0v) is 19.0. The van der Waals surface area contributed by atoms with Crippen molar-refractivity contribution in [2.24, 2.45) is 11.8 Å². The minimum Gasteiger partial charge on any atom is -0.447 e. The second-order valence-electron chi connectivity index (χ2n) is 8.66. The standard InChI is InChI=1S/C27H33NO4/c1-21(2)17-24(15-9-10-16-31-19-23-13-7-4-8-14-23)26(29)28-25(20-32-27(28)30)18-22-11-5-3-6-12-22/h3-14,21,24-25H,15-20H2,1-2H3/t24-,25?/m0/s1. The molecule has 1 aliphatic heterocycles. The molecule has 1 fully saturated rings. The molecule has 0 radical (unpaired) electrons. The summed E-state index contributed by atoms with van der Waals surface area (Å²) >= 11 is 0. The number of allylic oxidation sites excluding steroid dienone is 1. The predicted octanol–water partition coefficient (Wildman–Crippen LogP) is 5.40. The number of hydrogen-bond donors (Lipinski definition) is 0. The normalized spacial score (nSPS) is 17.2. The lowest BCUT2D eigenvalue weighted by Crippen LogP contribution is -2.43. The number of carbonyl (C=O) groups excluding carboxylic acids is 2. The van der Waals surface area contributed by atoms with Crippen molar-refractivity contribution in [1.82, 2.24) is 4.90 Å². The van der Waals surface area contributed by atoms with Crippen LogP contribution in [0.2, 0.25) is 0 Å². The van der Waals surface area contributed by atoms with Crippen molar-refractivity contribution in [3.05, 3.63) is 83.9 Å². The van der Waals surface area contributed by atoms with Crippen LogP contribution in [0.25, 0.3) is 0 Å². The van der Waals surface area contributed by atoms with E-state index in [9.17, 15) is 9.59 Å². The summed E-state index contributed by atoms with van der Waals surface area (Å²) < 4.78 is 10.9. The topological polar surface area (TPSA) is 55.8 Å². The van der Waals surface area contributed by atoms with Gasteiger partial charge in [-0.25, -0.2) is 9.69 Å². The van der Waals surface area contributed by atoms with Crippen LogP contribution in [0, 0.1) is 11.8 Å². The predicted molar refractivity (Wildman–Crippen MR) is 125 cm³/mol. The second kappa shape index (κ2) is 12.2. The molecule has 2 atom stereocenters. The molecule has 0 saturated carbocycles. The Kier molecular flexibility index (Phi) is 9.05. The number of cyclic esters (lactones) is 1. The minimum absolute atomic E-state index is 0.142. The number of hydrogen-bond acceptors (Lipinski definition) is 4. The van der Waals surface area contributed by atoms with Crippen LogP contribution in [-0.4, -0.2) is 36.2 Å². The van der Waals surface area contributed by atoms with Gasteiger partial charge in [0.15, 0.2) is 0 Å². The Hall–Kier alpha value is -2.92. The van der Waals surface area contributed by atoms with E-state index in [1.165, 1.54) is 4.90 Å². The van der Waals surface area contributed by atoms with Gasteiger partial charge < -0.3 is 9.47 Å². The van der Waals surface area contributed by atoms with E-state index in [1.807, 2.05) is 72.8 Å². The first-order valence-corrected chi connectivity index (χ1v) is 11.3. The molecule has 32 heavy (non-hydrogen) atoms. The molecule has 5 heteroatoms. The molecule has 0 N–H and O–H groups in total. The number of nitrogens with zero attached hydrogens (tertiary/aromatic N) is 1. The summed E-state index contributed by atoms with van der Waals surface area (Å²) in [6, 6.07) is 19.7. The Morgan fingerprint density at radius 2 is 1.72 bits per heavy atom. The molecule has 2 aromatic carbocycles. The Morgan fingerprint density at radius 3 is 2.38 bits per heavy atom. The first-order chi connectivity index (χ1) is 15.5. The maximum Gasteiger partial charge on any atom is 0.416 e. The van der Waals surface area contributed by atoms with E-state index in [-0.39, 0.29) is 24.5 Å². The van der Waals surface area contributed by atoms with E-state index in [2.05, 4.69) is 13.8 Å². The minimum atomic E-state index is -0.528. The summed E-state index contributed by atoms with van der Waals surface area (Å²) in [5.41, 5.74) is 2.22. The van der Waals surface area contributed by atoms with Crippen LogP contribution in [-0.2, 0) is 27.3 Å². The molecule has 0 bridgehead atoms. The summed E-state index contributed by atoms with van der Waals surface area (Å²) in [6.07, 6.45) is 5.32. The van der Waals surface area contributed by atoms with Gasteiger partial charge in [-0.05, 0) is 36.3 Å². The molecule has 1 saturated heterocycles. The Balaban J connectivity index is 1.57. The summed E-state index contributed by atoms with van der Waals surface area (Å²) in [7, 11) is 0. The molecule has 1 heterocycles. The molecule has 0 aliphatic carbocycles. The molecule has 0 spiro atoms. The maximum absolute atomic E-state index is 13.4. The van der Waals surface area contributed by atoms with Crippen LogP contribution in [0.4, 0.5) is 4.79 Å². The molecule has 1 unspecified atom stereocenters. The molecule has 2 amide bonds. The lowest BCUT2D eigenvalue weighted by atomic mass is 9.92. The second-order valence-corrected chi connectivity index (χ2v) is 8.66. The Labute approximate surface area is 191 Å². The Bertz CT molecular complexity index is 879. The number of imide groups is 1. The molecule has 170 valence electrons. The van der Waals surface area contributed by atoms with E-state index in [1.54, 1.807) is 0 Å². The van der Waals surface area contributed by atoms with Gasteiger partial charge in [0, 0.05) is 5.92 Å². The number of ether oxygens (including phenoxy) is 2. The van der Waals surface area contributed by atoms with Gasteiger partial charge in [-0.2, -0.15) is 0 Å². The summed E-state index contributed by atoms with van der Waals surface area (Å²) in [5, 5.41) is 0. The average Bonchev–Trinajstić information content (AvgIpc) is 3.15. The van der Waals surface area contributed by atoms with Crippen molar-refractivity contribution in [3.8, 4) is 0 Å². The zero-order valence-electron chi connectivity index (χ0n) is 19.0. The highest BCUT2D eigenvalue weighted by atomic mass is 16.6. The third kappa shape index (κ3) is 7.06. The van der Waals surface area contributed by atoms with Gasteiger partial charge in [0.1, 0.15) is 6.61 Å². The summed E-state index contributed by atoms with van der Waals surface area (Å²) in [6.45, 7) is 5.48. The monoisotopic (exact) mass is 435 g/mol. The molecule has 0 aromatic heterocycles. The van der Waals surface area contributed by atoms with Gasteiger partial charge in [0.25, 0.3) is 0 Å². The largest absolute Gasteiger partial charge is 0.447 e. The Morgan fingerprint density at radius 1 is 1.06 bits per heavy atom. The van der Waals surface area contributed by atoms with E-state index in [0.29, 0.717) is 32.0 Å². The molecule has 5 nitrogen and oxygen atoms in total. The van der Waals surface area contributed by atoms with Crippen molar-refractivity contribution in [1.29, 1.82) is 0 Å². The number of benzene rings is 2. The molecule has 1 aliphatic rings. The molecule has 2 aromatic rings. The van der Waals surface area contributed by atoms with Crippen LogP contribution in [0.5, 0.6) is 0 Å². The fourth-order valence-corrected chi connectivity index (χ4v) is 3.98. The number of rotatable bonds is 11. The lowest BCUT2D eigenvalue weighted by molar-refractivity contribution is -0.133. The van der Waals surface area contributed by atoms with Crippen LogP contribution >= 0.6 is 0 Å². The van der Waals surface area contributed by atoms with Crippen molar-refractivity contribution in [3.63, 3.8) is 0 Å². The maximum atomic E-state index is 13.4. The van der Waals surface area contributed by atoms with Gasteiger partial charge >= 0.3 is 6.09 Å². The van der Waals surface area contributed by atoms with E-state index < -0.39 is 6.09 Å². The summed E-state index contributed by atoms with van der Waals surface area (Å²) in [5.74, 6) is -0.0563. The third-order valence-corrected chi connectivity index (χ3v) is 5.53. The van der Waals surface area contributed by atoms with Crippen LogP contribution in [0.15, 0.2) is 72.8 Å². The van der Waals surface area contributed by atoms with Gasteiger partial charge in [0.05, 0.1) is 19.3 Å². The van der Waals surface area contributed by atoms with E-state index in [4.69, 9.17) is 9.47 Å². The van der Waals surface area contributed by atoms with Gasteiger partial charge in [0.2, 0.25) is 5.91 Å². The van der Waals surface area contributed by atoms with Gasteiger partial charge in [-0.15, -0.1) is 0 Å². The third-order valence-electron chi connectivity index (χ3n) is 5.53. The summed E-state index contributed by atoms with van der Waals surface area (Å²) in [4.78, 5) is 27.1. The van der Waals surface area contributed by atoms with Crippen molar-refractivity contribution >= 4 is 12.0 Å². The highest BCUT2D eigenvalue weighted by Gasteiger charge is 2.40. The zero-order chi connectivity index (χ0) is 22.8. The van der Waals surface area contributed by atoms with Crippen molar-refractivity contribution in [2.45, 2.75) is 45.8 Å². The molecular weight excluding hydrogens is 402 g/mol. The fraction of sp³-hybridized carbons (Fsp3) is 0.407. The number of carbonyl (C=O) groups is 2. The van der Waals surface area contributed by atoms with Gasteiger partial charge in [-0.3, -0.25) is 4.79 Å². The van der Waals surface area contributed by atoms with Crippen LogP contribution in [0.3, 0.4) is 0 Å². The average molecular weight is 436 g/mol. The molecular formula is C27H33NO4. The quantitative estimate of drug-likeness (QED) is 0.350. The lowest BCUT2D eigenvalue weighted by Gasteiger charge is -2.25. The highest BCUT2D eigenvalue weighted by Crippen LogP contribution is 2.25. The fourth-order valence-electron chi connectivity index (χ4n) is 3.98. The molecule has 3 rings (SSSR count). The first-order valence-electron chi connectivity index (χ1n) is 11.3. The van der Waals surface area contributed by atoms with Crippen LogP contribution < -0.4 is 0 Å². The SMILES string of the molecule is CC(C)C[C@H](CC=CCOCc1ccccc1)C(=O)N1C(=O)OCC1Cc1ccccc1. The van der Waals surface area contributed by atoms with E-state index in [0.717, 1.165) is 17.5 Å². The van der Waals surface area contributed by atoms with Crippen LogP contribution in [0.1, 0.15) is 37.8 Å².